The first kappa shape index (κ1) is 22.9. The van der Waals surface area contributed by atoms with Crippen LogP contribution in [0.3, 0.4) is 0 Å². The maximum Gasteiger partial charge on any atom is 0.191 e. The van der Waals surface area contributed by atoms with E-state index in [0.29, 0.717) is 6.54 Å². The van der Waals surface area contributed by atoms with Crippen LogP contribution in [0.4, 0.5) is 0 Å². The van der Waals surface area contributed by atoms with Gasteiger partial charge in [-0.1, -0.05) is 37.3 Å². The Balaban J connectivity index is 0.00000300. The smallest absolute Gasteiger partial charge is 0.191 e. The van der Waals surface area contributed by atoms with Crippen molar-refractivity contribution in [2.75, 3.05) is 6.54 Å². The van der Waals surface area contributed by atoms with Crippen LogP contribution >= 0.6 is 24.0 Å². The molecular formula is C22H29IN6. The zero-order chi connectivity index (χ0) is 19.8. The molecule has 0 spiro atoms. The first-order valence-corrected chi connectivity index (χ1v) is 9.75. The number of pyridine rings is 1. The van der Waals surface area contributed by atoms with E-state index in [9.17, 15) is 0 Å². The van der Waals surface area contributed by atoms with Crippen LogP contribution in [0.15, 0.2) is 60.0 Å². The quantitative estimate of drug-likeness (QED) is 0.290. The number of aryl methyl sites for hydroxylation is 2. The molecule has 0 saturated heterocycles. The van der Waals surface area contributed by atoms with Crippen molar-refractivity contribution in [3.8, 4) is 5.82 Å². The average molecular weight is 504 g/mol. The first-order chi connectivity index (χ1) is 13.7. The van der Waals surface area contributed by atoms with Crippen molar-refractivity contribution in [3.63, 3.8) is 0 Å². The van der Waals surface area contributed by atoms with Gasteiger partial charge in [0.15, 0.2) is 5.96 Å². The number of nitrogens with one attached hydrogen (secondary N) is 2. The Labute approximate surface area is 189 Å². The molecule has 0 bridgehead atoms. The van der Waals surface area contributed by atoms with Crippen molar-refractivity contribution < 1.29 is 0 Å². The van der Waals surface area contributed by atoms with E-state index < -0.39 is 0 Å². The molecule has 154 valence electrons. The molecule has 0 saturated carbocycles. The summed E-state index contributed by atoms with van der Waals surface area (Å²) in [5.41, 5.74) is 3.73. The summed E-state index contributed by atoms with van der Waals surface area (Å²) in [6.07, 6.45) is 6.59. The summed E-state index contributed by atoms with van der Waals surface area (Å²) in [5.74, 6) is 2.59. The lowest BCUT2D eigenvalue weighted by molar-refractivity contribution is 0.808. The van der Waals surface area contributed by atoms with Gasteiger partial charge in [-0.3, -0.25) is 4.57 Å². The molecule has 0 aliphatic carbocycles. The monoisotopic (exact) mass is 504 g/mol. The number of aliphatic imine (C=N–C) groups is 1. The van der Waals surface area contributed by atoms with Crippen molar-refractivity contribution in [2.45, 2.75) is 40.3 Å². The summed E-state index contributed by atoms with van der Waals surface area (Å²) in [6, 6.07) is 12.6. The van der Waals surface area contributed by atoms with Gasteiger partial charge < -0.3 is 10.6 Å². The number of aromatic nitrogens is 3. The van der Waals surface area contributed by atoms with E-state index in [1.54, 1.807) is 6.20 Å². The third-order valence-electron chi connectivity index (χ3n) is 4.59. The maximum atomic E-state index is 4.70. The van der Waals surface area contributed by atoms with Crippen LogP contribution in [-0.2, 0) is 19.5 Å². The lowest BCUT2D eigenvalue weighted by Gasteiger charge is -2.13. The number of hydrogen-bond donors (Lipinski definition) is 2. The molecule has 0 amide bonds. The Morgan fingerprint density at radius 3 is 2.45 bits per heavy atom. The molecule has 29 heavy (non-hydrogen) atoms. The maximum absolute atomic E-state index is 4.70. The van der Waals surface area contributed by atoms with Crippen LogP contribution in [-0.4, -0.2) is 27.0 Å². The fourth-order valence-electron chi connectivity index (χ4n) is 3.04. The minimum atomic E-state index is 0. The van der Waals surface area contributed by atoms with Gasteiger partial charge in [-0.15, -0.1) is 24.0 Å². The highest BCUT2D eigenvalue weighted by atomic mass is 127. The third kappa shape index (κ3) is 6.28. The van der Waals surface area contributed by atoms with Crippen LogP contribution in [0.2, 0.25) is 0 Å². The second kappa shape index (κ2) is 11.5. The fraction of sp³-hybridized carbons (Fsp3) is 0.318. The van der Waals surface area contributed by atoms with Gasteiger partial charge in [0, 0.05) is 31.7 Å². The molecule has 2 heterocycles. The molecule has 0 fully saturated rings. The second-order valence-electron chi connectivity index (χ2n) is 6.54. The number of hydrogen-bond acceptors (Lipinski definition) is 3. The van der Waals surface area contributed by atoms with Crippen molar-refractivity contribution in [1.29, 1.82) is 0 Å². The van der Waals surface area contributed by atoms with Gasteiger partial charge in [0.1, 0.15) is 11.6 Å². The summed E-state index contributed by atoms with van der Waals surface area (Å²) in [6.45, 7) is 8.36. The molecule has 1 aromatic carbocycles. The highest BCUT2D eigenvalue weighted by Crippen LogP contribution is 2.10. The first-order valence-electron chi connectivity index (χ1n) is 9.75. The third-order valence-corrected chi connectivity index (χ3v) is 4.59. The Morgan fingerprint density at radius 1 is 1.03 bits per heavy atom. The van der Waals surface area contributed by atoms with E-state index in [-0.39, 0.29) is 24.0 Å². The molecular weight excluding hydrogens is 475 g/mol. The molecule has 0 atom stereocenters. The Kier molecular flexibility index (Phi) is 9.11. The predicted octanol–water partition coefficient (Wildman–Crippen LogP) is 4.01. The standard InChI is InChI=1S/C22H28N6.HI/c1-4-19-8-6-7-9-20(19)16-27-22(23-5-2)26-15-18-10-11-21(25-14-18)28-13-12-24-17(28)3;/h6-14H,4-5,15-16H2,1-3H3,(H2,23,26,27);1H. The Bertz CT molecular complexity index is 917. The van der Waals surface area contributed by atoms with Gasteiger partial charge in [0.25, 0.3) is 0 Å². The van der Waals surface area contributed by atoms with Crippen molar-refractivity contribution >= 4 is 29.9 Å². The number of benzene rings is 1. The fourth-order valence-corrected chi connectivity index (χ4v) is 3.04. The zero-order valence-electron chi connectivity index (χ0n) is 17.2. The van der Waals surface area contributed by atoms with E-state index in [0.717, 1.165) is 42.7 Å². The number of halogens is 1. The SMILES string of the molecule is CCNC(=NCc1ccc(-n2ccnc2C)nc1)NCc1ccccc1CC.I. The summed E-state index contributed by atoms with van der Waals surface area (Å²) < 4.78 is 1.96. The molecule has 7 heteroatoms. The molecule has 0 radical (unpaired) electrons. The van der Waals surface area contributed by atoms with Gasteiger partial charge in [-0.2, -0.15) is 0 Å². The van der Waals surface area contributed by atoms with Crippen molar-refractivity contribution in [3.05, 3.63) is 77.5 Å². The van der Waals surface area contributed by atoms with Crippen LogP contribution in [0, 0.1) is 6.92 Å². The summed E-state index contributed by atoms with van der Waals surface area (Å²) in [5, 5.41) is 6.74. The Hall–Kier alpha value is -2.42. The minimum absolute atomic E-state index is 0. The van der Waals surface area contributed by atoms with E-state index >= 15 is 0 Å². The van der Waals surface area contributed by atoms with Crippen molar-refractivity contribution in [1.82, 2.24) is 25.2 Å². The number of guanidine groups is 1. The van der Waals surface area contributed by atoms with Gasteiger partial charge in [0.05, 0.1) is 6.54 Å². The molecule has 0 aliphatic heterocycles. The normalized spacial score (nSPS) is 11.1. The minimum Gasteiger partial charge on any atom is -0.357 e. The topological polar surface area (TPSA) is 67.1 Å². The van der Waals surface area contributed by atoms with Crippen LogP contribution in [0.1, 0.15) is 36.4 Å². The molecule has 2 aromatic heterocycles. The number of rotatable bonds is 7. The molecule has 0 aliphatic rings. The van der Waals surface area contributed by atoms with E-state index in [4.69, 9.17) is 4.99 Å². The van der Waals surface area contributed by atoms with Crippen molar-refractivity contribution in [2.24, 2.45) is 4.99 Å². The van der Waals surface area contributed by atoms with E-state index in [1.165, 1.54) is 11.1 Å². The lowest BCUT2D eigenvalue weighted by Crippen LogP contribution is -2.37. The number of imidazole rings is 1. The molecule has 3 aromatic rings. The highest BCUT2D eigenvalue weighted by molar-refractivity contribution is 14.0. The summed E-state index contributed by atoms with van der Waals surface area (Å²) >= 11 is 0. The molecule has 0 unspecified atom stereocenters. The van der Waals surface area contributed by atoms with Gasteiger partial charge in [-0.05, 0) is 43.0 Å². The predicted molar refractivity (Wildman–Crippen MR) is 129 cm³/mol. The zero-order valence-corrected chi connectivity index (χ0v) is 19.6. The lowest BCUT2D eigenvalue weighted by atomic mass is 10.1. The largest absolute Gasteiger partial charge is 0.357 e. The molecule has 2 N–H and O–H groups in total. The van der Waals surface area contributed by atoms with Gasteiger partial charge in [0.2, 0.25) is 0 Å². The highest BCUT2D eigenvalue weighted by Gasteiger charge is 2.04. The van der Waals surface area contributed by atoms with E-state index in [2.05, 4.69) is 64.8 Å². The van der Waals surface area contributed by atoms with Gasteiger partial charge in [-0.25, -0.2) is 15.0 Å². The average Bonchev–Trinajstić information content (AvgIpc) is 3.16. The summed E-state index contributed by atoms with van der Waals surface area (Å²) in [7, 11) is 0. The van der Waals surface area contributed by atoms with Crippen LogP contribution in [0.5, 0.6) is 0 Å². The Morgan fingerprint density at radius 2 is 1.83 bits per heavy atom. The van der Waals surface area contributed by atoms with Gasteiger partial charge >= 0.3 is 0 Å². The van der Waals surface area contributed by atoms with Crippen LogP contribution < -0.4 is 10.6 Å². The molecule has 6 nitrogen and oxygen atoms in total. The van der Waals surface area contributed by atoms with Crippen LogP contribution in [0.25, 0.3) is 5.82 Å². The number of nitrogens with zero attached hydrogens (tertiary/aromatic N) is 4. The molecule has 3 rings (SSSR count). The second-order valence-corrected chi connectivity index (χ2v) is 6.54. The van der Waals surface area contributed by atoms with E-state index in [1.807, 2.05) is 30.0 Å². The summed E-state index contributed by atoms with van der Waals surface area (Å²) in [4.78, 5) is 13.5.